The Kier molecular flexibility index (Phi) is 5.64. The van der Waals surface area contributed by atoms with Gasteiger partial charge in [-0.3, -0.25) is 9.59 Å². The molecule has 0 unspecified atom stereocenters. The molecular formula is C22H22N4O3. The standard InChI is InChI=1S/C22H22N4O3/c1-12(27)6-5-9-24-22(29)20-13(2)19(25-14(20)3)11-17-16-10-15(23-4)7-8-18(16)26-21(17)28/h7-8,10-11,25H,5-6,9H2,1-3H3,(H,24,29)(H,26,28)/b17-11-. The maximum Gasteiger partial charge on any atom is 0.256 e. The van der Waals surface area contributed by atoms with E-state index in [0.29, 0.717) is 58.8 Å². The molecule has 0 bridgehead atoms. The number of anilines is 1. The van der Waals surface area contributed by atoms with Gasteiger partial charge in [0.15, 0.2) is 5.69 Å². The number of nitrogens with one attached hydrogen (secondary N) is 3. The van der Waals surface area contributed by atoms with Gasteiger partial charge in [-0.25, -0.2) is 4.85 Å². The first-order valence-corrected chi connectivity index (χ1v) is 9.33. The topological polar surface area (TPSA) is 95.4 Å². The SMILES string of the molecule is [C-]#[N+]c1ccc2c(c1)/C(=C/c1[nH]c(C)c(C(=O)NCCCC(C)=O)c1C)C(=O)N2. The van der Waals surface area contributed by atoms with Crippen molar-refractivity contribution in [2.24, 2.45) is 0 Å². The van der Waals surface area contributed by atoms with E-state index >= 15 is 0 Å². The quantitative estimate of drug-likeness (QED) is 0.398. The van der Waals surface area contributed by atoms with Gasteiger partial charge in [-0.2, -0.15) is 0 Å². The maximum absolute atomic E-state index is 12.6. The molecule has 0 saturated heterocycles. The summed E-state index contributed by atoms with van der Waals surface area (Å²) in [6.07, 6.45) is 2.74. The highest BCUT2D eigenvalue weighted by Gasteiger charge is 2.25. The molecule has 1 aliphatic heterocycles. The Hall–Kier alpha value is -3.66. The summed E-state index contributed by atoms with van der Waals surface area (Å²) in [4.78, 5) is 42.6. The minimum atomic E-state index is -0.246. The number of aromatic amines is 1. The van der Waals surface area contributed by atoms with E-state index in [0.717, 1.165) is 5.56 Å². The number of fused-ring (bicyclic) bond motifs is 1. The summed E-state index contributed by atoms with van der Waals surface area (Å²) < 4.78 is 0. The summed E-state index contributed by atoms with van der Waals surface area (Å²) in [6.45, 7) is 12.8. The number of benzene rings is 1. The minimum Gasteiger partial charge on any atom is -0.358 e. The van der Waals surface area contributed by atoms with Crippen molar-refractivity contribution in [2.75, 3.05) is 11.9 Å². The van der Waals surface area contributed by atoms with Crippen LogP contribution >= 0.6 is 0 Å². The Labute approximate surface area is 169 Å². The summed E-state index contributed by atoms with van der Waals surface area (Å²) in [5.41, 5.74) is 4.88. The molecule has 0 saturated carbocycles. The Morgan fingerprint density at radius 1 is 1.28 bits per heavy atom. The van der Waals surface area contributed by atoms with E-state index in [-0.39, 0.29) is 17.6 Å². The number of aryl methyl sites for hydroxylation is 1. The molecular weight excluding hydrogens is 368 g/mol. The van der Waals surface area contributed by atoms with Crippen molar-refractivity contribution in [3.05, 3.63) is 57.7 Å². The van der Waals surface area contributed by atoms with Gasteiger partial charge in [0.25, 0.3) is 11.8 Å². The van der Waals surface area contributed by atoms with E-state index in [4.69, 9.17) is 6.57 Å². The average Bonchev–Trinajstić information content (AvgIpc) is 3.14. The van der Waals surface area contributed by atoms with Crippen molar-refractivity contribution < 1.29 is 14.4 Å². The number of carbonyl (C=O) groups excluding carboxylic acids is 3. The lowest BCUT2D eigenvalue weighted by molar-refractivity contribution is -0.117. The molecule has 1 aliphatic rings. The second-order valence-electron chi connectivity index (χ2n) is 7.08. The maximum atomic E-state index is 12.6. The molecule has 1 aromatic carbocycles. The van der Waals surface area contributed by atoms with Crippen LogP contribution in [0.3, 0.4) is 0 Å². The molecule has 0 atom stereocenters. The third-order valence-corrected chi connectivity index (χ3v) is 4.90. The van der Waals surface area contributed by atoms with Gasteiger partial charge < -0.3 is 20.4 Å². The monoisotopic (exact) mass is 390 g/mol. The Balaban J connectivity index is 1.88. The number of ketones is 1. The number of hydrogen-bond acceptors (Lipinski definition) is 3. The highest BCUT2D eigenvalue weighted by atomic mass is 16.2. The first-order valence-electron chi connectivity index (χ1n) is 9.33. The van der Waals surface area contributed by atoms with Gasteiger partial charge in [0.1, 0.15) is 5.78 Å². The molecule has 148 valence electrons. The van der Waals surface area contributed by atoms with Crippen LogP contribution < -0.4 is 10.6 Å². The van der Waals surface area contributed by atoms with E-state index < -0.39 is 0 Å². The first kappa shape index (κ1) is 20.1. The fraction of sp³-hybridized carbons (Fsp3) is 0.273. The van der Waals surface area contributed by atoms with Crippen molar-refractivity contribution >= 4 is 40.6 Å². The van der Waals surface area contributed by atoms with Crippen LogP contribution in [-0.4, -0.2) is 29.1 Å². The zero-order valence-electron chi connectivity index (χ0n) is 16.6. The average molecular weight is 390 g/mol. The smallest absolute Gasteiger partial charge is 0.256 e. The Morgan fingerprint density at radius 2 is 2.03 bits per heavy atom. The van der Waals surface area contributed by atoms with Crippen LogP contribution in [0.4, 0.5) is 11.4 Å². The van der Waals surface area contributed by atoms with Gasteiger partial charge in [0, 0.05) is 41.2 Å². The van der Waals surface area contributed by atoms with Gasteiger partial charge in [-0.15, -0.1) is 0 Å². The van der Waals surface area contributed by atoms with E-state index in [9.17, 15) is 14.4 Å². The summed E-state index contributed by atoms with van der Waals surface area (Å²) in [7, 11) is 0. The zero-order valence-corrected chi connectivity index (χ0v) is 16.6. The normalized spacial score (nSPS) is 13.7. The lowest BCUT2D eigenvalue weighted by Crippen LogP contribution is -2.25. The third-order valence-electron chi connectivity index (χ3n) is 4.90. The van der Waals surface area contributed by atoms with Gasteiger partial charge in [0.05, 0.1) is 12.1 Å². The fourth-order valence-corrected chi connectivity index (χ4v) is 3.42. The number of amides is 2. The second-order valence-corrected chi connectivity index (χ2v) is 7.08. The van der Waals surface area contributed by atoms with Crippen molar-refractivity contribution in [1.82, 2.24) is 10.3 Å². The third kappa shape index (κ3) is 4.11. The lowest BCUT2D eigenvalue weighted by atomic mass is 10.0. The predicted octanol–water partition coefficient (Wildman–Crippen LogP) is 3.77. The van der Waals surface area contributed by atoms with Gasteiger partial charge >= 0.3 is 0 Å². The van der Waals surface area contributed by atoms with Crippen molar-refractivity contribution in [1.29, 1.82) is 0 Å². The summed E-state index contributed by atoms with van der Waals surface area (Å²) >= 11 is 0. The van der Waals surface area contributed by atoms with E-state index in [1.807, 2.05) is 6.92 Å². The highest BCUT2D eigenvalue weighted by molar-refractivity contribution is 6.35. The van der Waals surface area contributed by atoms with Gasteiger partial charge in [-0.1, -0.05) is 6.07 Å². The van der Waals surface area contributed by atoms with Crippen LogP contribution in [0.1, 0.15) is 52.6 Å². The summed E-state index contributed by atoms with van der Waals surface area (Å²) in [5.74, 6) is -0.362. The molecule has 7 heteroatoms. The molecule has 0 fully saturated rings. The Morgan fingerprint density at radius 3 is 2.72 bits per heavy atom. The number of carbonyl (C=O) groups is 3. The molecule has 1 aromatic heterocycles. The first-order chi connectivity index (χ1) is 13.8. The molecule has 2 aromatic rings. The van der Waals surface area contributed by atoms with Crippen molar-refractivity contribution in [2.45, 2.75) is 33.6 Å². The Bertz CT molecular complexity index is 1090. The molecule has 0 spiro atoms. The van der Waals surface area contributed by atoms with E-state index in [1.165, 1.54) is 6.92 Å². The highest BCUT2D eigenvalue weighted by Crippen LogP contribution is 2.36. The molecule has 7 nitrogen and oxygen atoms in total. The van der Waals surface area contributed by atoms with Gasteiger partial charge in [-0.05, 0) is 51.0 Å². The lowest BCUT2D eigenvalue weighted by Gasteiger charge is -2.05. The molecule has 3 N–H and O–H groups in total. The van der Waals surface area contributed by atoms with E-state index in [1.54, 1.807) is 31.2 Å². The van der Waals surface area contributed by atoms with Crippen LogP contribution in [0, 0.1) is 20.4 Å². The summed E-state index contributed by atoms with van der Waals surface area (Å²) in [5, 5.41) is 5.63. The van der Waals surface area contributed by atoms with Gasteiger partial charge in [0.2, 0.25) is 0 Å². The van der Waals surface area contributed by atoms with Crippen LogP contribution in [0.15, 0.2) is 18.2 Å². The number of hydrogen-bond donors (Lipinski definition) is 3. The van der Waals surface area contributed by atoms with Crippen LogP contribution in [-0.2, 0) is 9.59 Å². The number of Topliss-reactive ketones (excluding diaryl/α,β-unsaturated/α-hetero) is 1. The van der Waals surface area contributed by atoms with E-state index in [2.05, 4.69) is 20.5 Å². The van der Waals surface area contributed by atoms with Crippen LogP contribution in [0.5, 0.6) is 0 Å². The molecule has 0 radical (unpaired) electrons. The number of H-pyrrole nitrogens is 1. The number of aromatic nitrogens is 1. The number of nitrogens with zero attached hydrogens (tertiary/aromatic N) is 1. The molecule has 3 rings (SSSR count). The second kappa shape index (κ2) is 8.15. The van der Waals surface area contributed by atoms with Crippen molar-refractivity contribution in [3.63, 3.8) is 0 Å². The predicted molar refractivity (Wildman–Crippen MR) is 112 cm³/mol. The van der Waals surface area contributed by atoms with Crippen molar-refractivity contribution in [3.8, 4) is 0 Å². The van der Waals surface area contributed by atoms with Crippen LogP contribution in [0.25, 0.3) is 16.5 Å². The summed E-state index contributed by atoms with van der Waals surface area (Å²) in [6, 6.07) is 5.06. The molecule has 0 aliphatic carbocycles. The molecule has 2 amide bonds. The largest absolute Gasteiger partial charge is 0.358 e. The molecule has 2 heterocycles. The zero-order chi connectivity index (χ0) is 21.1. The van der Waals surface area contributed by atoms with Crippen LogP contribution in [0.2, 0.25) is 0 Å². The molecule has 29 heavy (non-hydrogen) atoms. The number of rotatable bonds is 6. The minimum absolute atomic E-state index is 0.0960. The fourth-order valence-electron chi connectivity index (χ4n) is 3.42.